The molecule has 3 heterocycles. The first-order valence-electron chi connectivity index (χ1n) is 9.03. The number of piperidine rings is 1. The standard InChI is InChI=1S/C19H27N5O/c1-14(2)12-24-13-16(11-20-24)19(25)23-9-7-17(8-10-23)22-18-6-4-5-15(3)21-18/h4-6,11,13-14,17H,7-10,12H2,1-3H3,(H,21,22). The van der Waals surface area contributed by atoms with Gasteiger partial charge < -0.3 is 10.2 Å². The van der Waals surface area contributed by atoms with Crippen molar-refractivity contribution in [3.05, 3.63) is 41.9 Å². The zero-order valence-corrected chi connectivity index (χ0v) is 15.3. The van der Waals surface area contributed by atoms with Crippen LogP contribution in [0.3, 0.4) is 0 Å². The van der Waals surface area contributed by atoms with Crippen LogP contribution in [0.4, 0.5) is 5.82 Å². The van der Waals surface area contributed by atoms with E-state index in [-0.39, 0.29) is 5.91 Å². The Bertz CT molecular complexity index is 716. The van der Waals surface area contributed by atoms with Crippen LogP contribution in [0.15, 0.2) is 30.6 Å². The van der Waals surface area contributed by atoms with E-state index >= 15 is 0 Å². The summed E-state index contributed by atoms with van der Waals surface area (Å²) in [5, 5.41) is 7.78. The van der Waals surface area contributed by atoms with E-state index in [1.807, 2.05) is 40.9 Å². The van der Waals surface area contributed by atoms with Gasteiger partial charge in [-0.1, -0.05) is 19.9 Å². The van der Waals surface area contributed by atoms with Gasteiger partial charge in [-0.25, -0.2) is 4.98 Å². The molecule has 6 heteroatoms. The van der Waals surface area contributed by atoms with Gasteiger partial charge in [-0.05, 0) is 37.8 Å². The Morgan fingerprint density at radius 1 is 1.32 bits per heavy atom. The molecule has 1 fully saturated rings. The summed E-state index contributed by atoms with van der Waals surface area (Å²) in [6.45, 7) is 8.64. The topological polar surface area (TPSA) is 63.1 Å². The van der Waals surface area contributed by atoms with Gasteiger partial charge in [0.1, 0.15) is 5.82 Å². The van der Waals surface area contributed by atoms with E-state index in [4.69, 9.17) is 0 Å². The summed E-state index contributed by atoms with van der Waals surface area (Å²) in [4.78, 5) is 19.1. The van der Waals surface area contributed by atoms with Crippen LogP contribution in [0.25, 0.3) is 0 Å². The Morgan fingerprint density at radius 2 is 2.08 bits per heavy atom. The van der Waals surface area contributed by atoms with Crippen molar-refractivity contribution in [1.29, 1.82) is 0 Å². The lowest BCUT2D eigenvalue weighted by Gasteiger charge is -2.32. The third-order valence-electron chi connectivity index (χ3n) is 4.45. The van der Waals surface area contributed by atoms with Gasteiger partial charge in [0, 0.05) is 37.6 Å². The van der Waals surface area contributed by atoms with Crippen LogP contribution in [0.2, 0.25) is 0 Å². The molecule has 0 saturated carbocycles. The smallest absolute Gasteiger partial charge is 0.257 e. The van der Waals surface area contributed by atoms with Crippen LogP contribution in [-0.2, 0) is 6.54 Å². The maximum absolute atomic E-state index is 12.6. The maximum Gasteiger partial charge on any atom is 0.257 e. The highest BCUT2D eigenvalue weighted by molar-refractivity contribution is 5.93. The van der Waals surface area contributed by atoms with Gasteiger partial charge in [0.25, 0.3) is 5.91 Å². The lowest BCUT2D eigenvalue weighted by molar-refractivity contribution is 0.0718. The molecule has 1 amide bonds. The zero-order chi connectivity index (χ0) is 17.8. The average molecular weight is 341 g/mol. The summed E-state index contributed by atoms with van der Waals surface area (Å²) in [7, 11) is 0. The van der Waals surface area contributed by atoms with E-state index in [9.17, 15) is 4.79 Å². The Labute approximate surface area is 149 Å². The third-order valence-corrected chi connectivity index (χ3v) is 4.45. The number of carbonyl (C=O) groups excluding carboxylic acids is 1. The molecule has 0 atom stereocenters. The summed E-state index contributed by atoms with van der Waals surface area (Å²) in [6.07, 6.45) is 5.41. The van der Waals surface area contributed by atoms with Crippen LogP contribution in [0.5, 0.6) is 0 Å². The summed E-state index contributed by atoms with van der Waals surface area (Å²) >= 11 is 0. The molecule has 6 nitrogen and oxygen atoms in total. The largest absolute Gasteiger partial charge is 0.367 e. The number of hydrogen-bond donors (Lipinski definition) is 1. The second-order valence-corrected chi connectivity index (χ2v) is 7.22. The van der Waals surface area contributed by atoms with Crippen LogP contribution < -0.4 is 5.32 Å². The van der Waals surface area contributed by atoms with Crippen molar-refractivity contribution in [3.8, 4) is 0 Å². The molecule has 0 unspecified atom stereocenters. The number of nitrogens with one attached hydrogen (secondary N) is 1. The van der Waals surface area contributed by atoms with Crippen molar-refractivity contribution in [3.63, 3.8) is 0 Å². The molecular weight excluding hydrogens is 314 g/mol. The van der Waals surface area contributed by atoms with Crippen LogP contribution in [0, 0.1) is 12.8 Å². The fraction of sp³-hybridized carbons (Fsp3) is 0.526. The van der Waals surface area contributed by atoms with E-state index in [1.165, 1.54) is 0 Å². The Balaban J connectivity index is 1.53. The van der Waals surface area contributed by atoms with E-state index < -0.39 is 0 Å². The Kier molecular flexibility index (Phi) is 5.36. The second kappa shape index (κ2) is 7.68. The van der Waals surface area contributed by atoms with E-state index in [2.05, 4.69) is 29.2 Å². The first-order valence-corrected chi connectivity index (χ1v) is 9.03. The number of aromatic nitrogens is 3. The van der Waals surface area contributed by atoms with E-state index in [0.29, 0.717) is 17.5 Å². The molecule has 0 radical (unpaired) electrons. The molecule has 2 aromatic heterocycles. The first-order chi connectivity index (χ1) is 12.0. The second-order valence-electron chi connectivity index (χ2n) is 7.22. The first kappa shape index (κ1) is 17.5. The minimum atomic E-state index is 0.0853. The molecule has 0 bridgehead atoms. The molecule has 134 valence electrons. The lowest BCUT2D eigenvalue weighted by Crippen LogP contribution is -2.42. The fourth-order valence-electron chi connectivity index (χ4n) is 3.19. The molecule has 1 aliphatic rings. The van der Waals surface area contributed by atoms with Crippen LogP contribution in [0.1, 0.15) is 42.7 Å². The minimum Gasteiger partial charge on any atom is -0.367 e. The highest BCUT2D eigenvalue weighted by Crippen LogP contribution is 2.17. The van der Waals surface area contributed by atoms with E-state index in [1.54, 1.807) is 6.20 Å². The molecule has 0 aromatic carbocycles. The van der Waals surface area contributed by atoms with Crippen molar-refractivity contribution in [2.24, 2.45) is 5.92 Å². The number of hydrogen-bond acceptors (Lipinski definition) is 4. The predicted molar refractivity (Wildman–Crippen MR) is 98.6 cm³/mol. The number of likely N-dealkylation sites (tertiary alicyclic amines) is 1. The van der Waals surface area contributed by atoms with Crippen molar-refractivity contribution in [2.45, 2.75) is 46.2 Å². The summed E-state index contributed by atoms with van der Waals surface area (Å²) < 4.78 is 1.86. The normalized spacial score (nSPS) is 15.6. The molecule has 0 aliphatic carbocycles. The van der Waals surface area contributed by atoms with Gasteiger partial charge in [-0.3, -0.25) is 9.48 Å². The molecule has 2 aromatic rings. The van der Waals surface area contributed by atoms with Crippen molar-refractivity contribution in [2.75, 3.05) is 18.4 Å². The molecule has 1 saturated heterocycles. The van der Waals surface area contributed by atoms with Crippen molar-refractivity contribution < 1.29 is 4.79 Å². The minimum absolute atomic E-state index is 0.0853. The molecule has 3 rings (SSSR count). The predicted octanol–water partition coefficient (Wildman–Crippen LogP) is 2.96. The number of amides is 1. The van der Waals surface area contributed by atoms with Crippen LogP contribution >= 0.6 is 0 Å². The Morgan fingerprint density at radius 3 is 2.76 bits per heavy atom. The molecule has 1 N–H and O–H groups in total. The number of anilines is 1. The van der Waals surface area contributed by atoms with Crippen molar-refractivity contribution in [1.82, 2.24) is 19.7 Å². The number of rotatable bonds is 5. The summed E-state index contributed by atoms with van der Waals surface area (Å²) in [5.74, 6) is 1.52. The van der Waals surface area contributed by atoms with Gasteiger partial charge in [-0.2, -0.15) is 5.10 Å². The quantitative estimate of drug-likeness (QED) is 0.908. The van der Waals surface area contributed by atoms with Gasteiger partial charge in [0.2, 0.25) is 0 Å². The zero-order valence-electron chi connectivity index (χ0n) is 15.3. The highest BCUT2D eigenvalue weighted by Gasteiger charge is 2.24. The van der Waals surface area contributed by atoms with Gasteiger partial charge >= 0.3 is 0 Å². The van der Waals surface area contributed by atoms with E-state index in [0.717, 1.165) is 44.0 Å². The number of aryl methyl sites for hydroxylation is 1. The highest BCUT2D eigenvalue weighted by atomic mass is 16.2. The SMILES string of the molecule is Cc1cccc(NC2CCN(C(=O)c3cnn(CC(C)C)c3)CC2)n1. The van der Waals surface area contributed by atoms with Gasteiger partial charge in [-0.15, -0.1) is 0 Å². The van der Waals surface area contributed by atoms with Gasteiger partial charge in [0.05, 0.1) is 11.8 Å². The fourth-order valence-corrected chi connectivity index (χ4v) is 3.19. The maximum atomic E-state index is 12.6. The Hall–Kier alpha value is -2.37. The lowest BCUT2D eigenvalue weighted by atomic mass is 10.0. The molecule has 1 aliphatic heterocycles. The average Bonchev–Trinajstić information content (AvgIpc) is 3.02. The van der Waals surface area contributed by atoms with Crippen molar-refractivity contribution >= 4 is 11.7 Å². The summed E-state index contributed by atoms with van der Waals surface area (Å²) in [5.41, 5.74) is 1.70. The number of carbonyl (C=O) groups is 1. The molecule has 25 heavy (non-hydrogen) atoms. The molecule has 0 spiro atoms. The third kappa shape index (κ3) is 4.59. The van der Waals surface area contributed by atoms with Crippen LogP contribution in [-0.4, -0.2) is 44.7 Å². The summed E-state index contributed by atoms with van der Waals surface area (Å²) in [6, 6.07) is 6.36. The molecular formula is C19H27N5O. The number of pyridine rings is 1. The number of nitrogens with zero attached hydrogens (tertiary/aromatic N) is 4. The van der Waals surface area contributed by atoms with Gasteiger partial charge in [0.15, 0.2) is 0 Å². The monoisotopic (exact) mass is 341 g/mol.